The predicted molar refractivity (Wildman–Crippen MR) is 50.9 cm³/mol. The summed E-state index contributed by atoms with van der Waals surface area (Å²) in [5.74, 6) is 0.631. The molecule has 0 N–H and O–H groups in total. The molecule has 0 spiro atoms. The van der Waals surface area contributed by atoms with Crippen LogP contribution in [0, 0.1) is 0 Å². The Balaban J connectivity index is 3.18. The molecule has 0 saturated heterocycles. The highest BCUT2D eigenvalue weighted by Gasteiger charge is 1.93. The molecule has 12 heavy (non-hydrogen) atoms. The molecular weight excluding hydrogens is 152 g/mol. The van der Waals surface area contributed by atoms with Gasteiger partial charge in [-0.15, -0.1) is 0 Å². The van der Waals surface area contributed by atoms with E-state index in [1.54, 1.807) is 7.11 Å². The predicted octanol–water partition coefficient (Wildman–Crippen LogP) is 3.09. The third-order valence-electron chi connectivity index (χ3n) is 1.68. The lowest BCUT2D eigenvalue weighted by Crippen LogP contribution is -1.96. The van der Waals surface area contributed by atoms with Crippen LogP contribution in [-0.2, 0) is 9.47 Å². The molecule has 0 bridgehead atoms. The van der Waals surface area contributed by atoms with Gasteiger partial charge in [-0.1, -0.05) is 26.2 Å². The van der Waals surface area contributed by atoms with E-state index in [2.05, 4.69) is 6.92 Å². The summed E-state index contributed by atoms with van der Waals surface area (Å²) >= 11 is 0. The van der Waals surface area contributed by atoms with E-state index >= 15 is 0 Å². The van der Waals surface area contributed by atoms with Crippen molar-refractivity contribution < 1.29 is 9.47 Å². The van der Waals surface area contributed by atoms with Gasteiger partial charge in [-0.05, 0) is 19.4 Å². The third kappa shape index (κ3) is 6.08. The number of ether oxygens (including phenoxy) is 2. The van der Waals surface area contributed by atoms with Crippen LogP contribution in [-0.4, -0.2) is 13.7 Å². The fourth-order valence-corrected chi connectivity index (χ4v) is 0.962. The quantitative estimate of drug-likeness (QED) is 0.434. The summed E-state index contributed by atoms with van der Waals surface area (Å²) in [6.45, 7) is 4.88. The van der Waals surface area contributed by atoms with Crippen molar-refractivity contribution in [3.05, 3.63) is 12.0 Å². The van der Waals surface area contributed by atoms with Gasteiger partial charge in [0.15, 0.2) is 0 Å². The van der Waals surface area contributed by atoms with E-state index in [0.29, 0.717) is 5.95 Å². The minimum atomic E-state index is 0.631. The highest BCUT2D eigenvalue weighted by molar-refractivity contribution is 4.78. The van der Waals surface area contributed by atoms with Crippen LogP contribution in [0.25, 0.3) is 0 Å². The first-order valence-electron chi connectivity index (χ1n) is 4.68. The lowest BCUT2D eigenvalue weighted by atomic mass is 10.2. The second-order valence-corrected chi connectivity index (χ2v) is 2.72. The molecule has 0 heterocycles. The van der Waals surface area contributed by atoms with Crippen LogP contribution in [0.2, 0.25) is 0 Å². The van der Waals surface area contributed by atoms with E-state index in [-0.39, 0.29) is 0 Å². The molecule has 0 amide bonds. The molecule has 0 radical (unpaired) electrons. The van der Waals surface area contributed by atoms with Crippen molar-refractivity contribution in [3.8, 4) is 0 Å². The molecule has 2 nitrogen and oxygen atoms in total. The number of rotatable bonds is 7. The van der Waals surface area contributed by atoms with Gasteiger partial charge in [-0.2, -0.15) is 0 Å². The van der Waals surface area contributed by atoms with Gasteiger partial charge < -0.3 is 9.47 Å². The zero-order valence-electron chi connectivity index (χ0n) is 8.43. The third-order valence-corrected chi connectivity index (χ3v) is 1.68. The van der Waals surface area contributed by atoms with Gasteiger partial charge in [0.05, 0.1) is 13.7 Å². The lowest BCUT2D eigenvalue weighted by molar-refractivity contribution is 0.0594. The van der Waals surface area contributed by atoms with E-state index in [1.165, 1.54) is 19.3 Å². The van der Waals surface area contributed by atoms with Gasteiger partial charge >= 0.3 is 0 Å². The highest BCUT2D eigenvalue weighted by atomic mass is 16.7. The average molecular weight is 172 g/mol. The molecule has 0 fully saturated rings. The fourth-order valence-electron chi connectivity index (χ4n) is 0.962. The Bertz CT molecular complexity index is 119. The zero-order valence-corrected chi connectivity index (χ0v) is 8.43. The molecule has 0 atom stereocenters. The monoisotopic (exact) mass is 172 g/mol. The van der Waals surface area contributed by atoms with E-state index in [4.69, 9.17) is 9.47 Å². The minimum Gasteiger partial charge on any atom is -0.469 e. The Kier molecular flexibility index (Phi) is 7.97. The molecule has 0 aromatic heterocycles. The van der Waals surface area contributed by atoms with Crippen molar-refractivity contribution in [3.63, 3.8) is 0 Å². The van der Waals surface area contributed by atoms with Gasteiger partial charge in [0.2, 0.25) is 0 Å². The molecule has 0 aromatic carbocycles. The van der Waals surface area contributed by atoms with Crippen LogP contribution in [0.5, 0.6) is 0 Å². The van der Waals surface area contributed by atoms with Gasteiger partial charge in [-0.3, -0.25) is 0 Å². The van der Waals surface area contributed by atoms with Gasteiger partial charge in [0.25, 0.3) is 5.95 Å². The Morgan fingerprint density at radius 2 is 2.00 bits per heavy atom. The van der Waals surface area contributed by atoms with Crippen molar-refractivity contribution in [2.24, 2.45) is 0 Å². The summed E-state index contributed by atoms with van der Waals surface area (Å²) in [5.41, 5.74) is 0. The summed E-state index contributed by atoms with van der Waals surface area (Å²) in [7, 11) is 1.63. The Morgan fingerprint density at radius 3 is 2.50 bits per heavy atom. The molecule has 0 rings (SSSR count). The number of methoxy groups -OCH3 is 1. The topological polar surface area (TPSA) is 18.5 Å². The number of hydrogen-bond acceptors (Lipinski definition) is 2. The van der Waals surface area contributed by atoms with Crippen LogP contribution in [0.1, 0.15) is 39.5 Å². The summed E-state index contributed by atoms with van der Waals surface area (Å²) in [4.78, 5) is 0. The summed E-state index contributed by atoms with van der Waals surface area (Å²) < 4.78 is 10.3. The van der Waals surface area contributed by atoms with E-state index in [1.807, 2.05) is 13.0 Å². The van der Waals surface area contributed by atoms with Gasteiger partial charge in [-0.25, -0.2) is 0 Å². The highest BCUT2D eigenvalue weighted by Crippen LogP contribution is 2.03. The normalized spacial score (nSPS) is 11.4. The maximum Gasteiger partial charge on any atom is 0.274 e. The second kappa shape index (κ2) is 8.44. The fraction of sp³-hybridized carbons (Fsp3) is 0.800. The SMILES string of the molecule is CC=C(OC)OCCCCCC. The van der Waals surface area contributed by atoms with Crippen molar-refractivity contribution in [2.75, 3.05) is 13.7 Å². The molecule has 0 aliphatic heterocycles. The van der Waals surface area contributed by atoms with E-state index < -0.39 is 0 Å². The van der Waals surface area contributed by atoms with E-state index in [9.17, 15) is 0 Å². The van der Waals surface area contributed by atoms with Gasteiger partial charge in [0.1, 0.15) is 0 Å². The van der Waals surface area contributed by atoms with Crippen LogP contribution in [0.4, 0.5) is 0 Å². The van der Waals surface area contributed by atoms with Crippen molar-refractivity contribution in [1.82, 2.24) is 0 Å². The average Bonchev–Trinajstić information content (AvgIpc) is 2.11. The molecule has 0 aliphatic rings. The molecule has 0 saturated carbocycles. The van der Waals surface area contributed by atoms with Crippen LogP contribution < -0.4 is 0 Å². The number of hydrogen-bond donors (Lipinski definition) is 0. The maximum atomic E-state index is 5.33. The number of unbranched alkanes of at least 4 members (excludes halogenated alkanes) is 3. The summed E-state index contributed by atoms with van der Waals surface area (Å²) in [6.07, 6.45) is 6.76. The first kappa shape index (κ1) is 11.3. The van der Waals surface area contributed by atoms with Crippen LogP contribution in [0.3, 0.4) is 0 Å². The van der Waals surface area contributed by atoms with Crippen molar-refractivity contribution >= 4 is 0 Å². The van der Waals surface area contributed by atoms with E-state index in [0.717, 1.165) is 13.0 Å². The smallest absolute Gasteiger partial charge is 0.274 e. The molecule has 0 unspecified atom stereocenters. The lowest BCUT2D eigenvalue weighted by Gasteiger charge is -2.07. The van der Waals surface area contributed by atoms with Crippen molar-refractivity contribution in [1.29, 1.82) is 0 Å². The zero-order chi connectivity index (χ0) is 9.23. The Morgan fingerprint density at radius 1 is 1.25 bits per heavy atom. The summed E-state index contributed by atoms with van der Waals surface area (Å²) in [6, 6.07) is 0. The van der Waals surface area contributed by atoms with Crippen LogP contribution in [0.15, 0.2) is 12.0 Å². The maximum absolute atomic E-state index is 5.33. The molecule has 0 aromatic rings. The first-order valence-corrected chi connectivity index (χ1v) is 4.68. The Labute approximate surface area is 75.6 Å². The minimum absolute atomic E-state index is 0.631. The first-order chi connectivity index (χ1) is 5.85. The standard InChI is InChI=1S/C10H20O2/c1-4-6-7-8-9-12-10(5-2)11-3/h5H,4,6-9H2,1-3H3. The number of allylic oxidation sites excluding steroid dienone is 1. The van der Waals surface area contributed by atoms with Crippen molar-refractivity contribution in [2.45, 2.75) is 39.5 Å². The second-order valence-electron chi connectivity index (χ2n) is 2.72. The Hall–Kier alpha value is -0.660. The van der Waals surface area contributed by atoms with Gasteiger partial charge in [0, 0.05) is 0 Å². The molecule has 2 heteroatoms. The largest absolute Gasteiger partial charge is 0.469 e. The molecule has 0 aliphatic carbocycles. The summed E-state index contributed by atoms with van der Waals surface area (Å²) in [5, 5.41) is 0. The molecular formula is C10H20O2. The van der Waals surface area contributed by atoms with Crippen LogP contribution >= 0.6 is 0 Å². The molecule has 72 valence electrons.